The van der Waals surface area contributed by atoms with E-state index in [0.29, 0.717) is 33.6 Å². The Kier molecular flexibility index (Phi) is 8.33. The number of thiazole rings is 1. The van der Waals surface area contributed by atoms with Crippen LogP contribution in [-0.4, -0.2) is 24.2 Å². The molecule has 0 bridgehead atoms. The predicted molar refractivity (Wildman–Crippen MR) is 141 cm³/mol. The fourth-order valence-corrected chi connectivity index (χ4v) is 5.35. The molecule has 182 valence electrons. The van der Waals surface area contributed by atoms with Crippen molar-refractivity contribution >= 4 is 45.7 Å². The van der Waals surface area contributed by atoms with E-state index < -0.39 is 0 Å². The highest BCUT2D eigenvalue weighted by atomic mass is 35.5. The van der Waals surface area contributed by atoms with Gasteiger partial charge in [-0.05, 0) is 54.8 Å². The molecule has 2 aromatic heterocycles. The van der Waals surface area contributed by atoms with E-state index in [1.807, 2.05) is 46.9 Å². The Morgan fingerprint density at radius 1 is 1.17 bits per heavy atom. The third-order valence-corrected chi connectivity index (χ3v) is 7.48. The molecule has 1 N–H and O–H groups in total. The number of nitrogens with zero attached hydrogens (tertiary/aromatic N) is 3. The van der Waals surface area contributed by atoms with Gasteiger partial charge in [0, 0.05) is 35.6 Å². The molecule has 2 heterocycles. The van der Waals surface area contributed by atoms with Gasteiger partial charge in [0.1, 0.15) is 17.3 Å². The number of aromatic nitrogens is 2. The topological polar surface area (TPSA) is 59.5 Å². The second-order valence-electron chi connectivity index (χ2n) is 7.54. The fourth-order valence-electron chi connectivity index (χ4n) is 3.39. The van der Waals surface area contributed by atoms with Crippen LogP contribution in [0.2, 0.25) is 5.02 Å². The van der Waals surface area contributed by atoms with Gasteiger partial charge in [-0.3, -0.25) is 9.29 Å². The normalized spacial score (nSPS) is 11.7. The molecule has 1 atom stereocenters. The van der Waals surface area contributed by atoms with E-state index in [9.17, 15) is 0 Å². The molecule has 35 heavy (non-hydrogen) atoms. The lowest BCUT2D eigenvalue weighted by Gasteiger charge is -2.23. The van der Waals surface area contributed by atoms with Gasteiger partial charge in [-0.1, -0.05) is 17.7 Å². The van der Waals surface area contributed by atoms with Gasteiger partial charge in [0.25, 0.3) is 0 Å². The van der Waals surface area contributed by atoms with Crippen molar-refractivity contribution in [1.29, 1.82) is 0 Å². The summed E-state index contributed by atoms with van der Waals surface area (Å²) < 4.78 is 28.0. The number of halogens is 2. The van der Waals surface area contributed by atoms with Crippen LogP contribution in [0.4, 0.5) is 15.2 Å². The van der Waals surface area contributed by atoms with Crippen molar-refractivity contribution in [2.45, 2.75) is 24.4 Å². The van der Waals surface area contributed by atoms with Crippen molar-refractivity contribution in [3.05, 3.63) is 88.4 Å². The highest BCUT2D eigenvalue weighted by Gasteiger charge is 2.19. The van der Waals surface area contributed by atoms with Crippen LogP contribution in [-0.2, 0) is 6.54 Å². The van der Waals surface area contributed by atoms with Crippen LogP contribution in [0.5, 0.6) is 11.5 Å². The Hall–Kier alpha value is -3.01. The van der Waals surface area contributed by atoms with Crippen molar-refractivity contribution in [2.75, 3.05) is 23.8 Å². The van der Waals surface area contributed by atoms with Gasteiger partial charge in [-0.2, -0.15) is 0 Å². The number of nitrogens with one attached hydrogen (secondary N) is 1. The molecule has 0 unspecified atom stereocenters. The molecule has 0 spiro atoms. The fraction of sp³-hybridized carbons (Fsp3) is 0.200. The number of hydrogen-bond donors (Lipinski definition) is 1. The Morgan fingerprint density at radius 2 is 2.03 bits per heavy atom. The Morgan fingerprint density at radius 3 is 2.71 bits per heavy atom. The van der Waals surface area contributed by atoms with Gasteiger partial charge < -0.3 is 14.8 Å². The van der Waals surface area contributed by atoms with Crippen LogP contribution in [0.1, 0.15) is 24.1 Å². The van der Waals surface area contributed by atoms with Gasteiger partial charge in [0.2, 0.25) is 0 Å². The minimum Gasteiger partial charge on any atom is -0.497 e. The molecular formula is C25H24ClFN4O2S2. The number of anilines is 2. The average Bonchev–Trinajstić information content (AvgIpc) is 3.42. The first-order chi connectivity index (χ1) is 17.0. The third-order valence-electron chi connectivity index (χ3n) is 5.23. The van der Waals surface area contributed by atoms with E-state index in [4.69, 9.17) is 21.1 Å². The van der Waals surface area contributed by atoms with E-state index in [0.717, 1.165) is 16.3 Å². The Labute approximate surface area is 217 Å². The number of methoxy groups -OCH3 is 2. The lowest BCUT2D eigenvalue weighted by atomic mass is 10.1. The quantitative estimate of drug-likeness (QED) is 0.217. The summed E-state index contributed by atoms with van der Waals surface area (Å²) in [5, 5.41) is 6.30. The van der Waals surface area contributed by atoms with E-state index in [2.05, 4.69) is 15.3 Å². The summed E-state index contributed by atoms with van der Waals surface area (Å²) in [6.45, 7) is 2.40. The molecule has 4 rings (SSSR count). The number of pyridine rings is 1. The van der Waals surface area contributed by atoms with Crippen LogP contribution < -0.4 is 19.1 Å². The Balaban J connectivity index is 1.58. The van der Waals surface area contributed by atoms with Gasteiger partial charge >= 0.3 is 0 Å². The molecule has 10 heteroatoms. The number of rotatable bonds is 10. The van der Waals surface area contributed by atoms with Crippen LogP contribution in [0.15, 0.2) is 71.3 Å². The van der Waals surface area contributed by atoms with E-state index in [-0.39, 0.29) is 11.9 Å². The average molecular weight is 531 g/mol. The summed E-state index contributed by atoms with van der Waals surface area (Å²) in [4.78, 5) is 8.95. The smallest absolute Gasteiger partial charge is 0.195 e. The highest BCUT2D eigenvalue weighted by Crippen LogP contribution is 2.39. The highest BCUT2D eigenvalue weighted by molar-refractivity contribution is 8.00. The van der Waals surface area contributed by atoms with Crippen LogP contribution in [0, 0.1) is 5.82 Å². The van der Waals surface area contributed by atoms with Crippen molar-refractivity contribution in [3.8, 4) is 11.5 Å². The van der Waals surface area contributed by atoms with Gasteiger partial charge in [-0.15, -0.1) is 11.3 Å². The van der Waals surface area contributed by atoms with Gasteiger partial charge in [0.15, 0.2) is 5.13 Å². The minimum atomic E-state index is -0.386. The van der Waals surface area contributed by atoms with Crippen LogP contribution in [0.3, 0.4) is 0 Å². The predicted octanol–water partition coefficient (Wildman–Crippen LogP) is 7.23. The van der Waals surface area contributed by atoms with Crippen molar-refractivity contribution in [1.82, 2.24) is 9.97 Å². The molecule has 0 aliphatic rings. The number of benzene rings is 2. The number of hydrogen-bond acceptors (Lipinski definition) is 8. The number of ether oxygens (including phenoxy) is 2. The molecule has 0 radical (unpaired) electrons. The van der Waals surface area contributed by atoms with Crippen molar-refractivity contribution in [3.63, 3.8) is 0 Å². The maximum Gasteiger partial charge on any atom is 0.195 e. The SMILES string of the molecule is COc1ccc(CN(Sc2cc(Cl)c(N[C@@H](C)c3cccnc3)cc2F)c2nccs2)c(OC)c1. The monoisotopic (exact) mass is 530 g/mol. The summed E-state index contributed by atoms with van der Waals surface area (Å²) in [6.07, 6.45) is 5.20. The zero-order chi connectivity index (χ0) is 24.8. The summed E-state index contributed by atoms with van der Waals surface area (Å²) >= 11 is 9.26. The second-order valence-corrected chi connectivity index (χ2v) is 9.88. The largest absolute Gasteiger partial charge is 0.497 e. The van der Waals surface area contributed by atoms with Crippen molar-refractivity contribution < 1.29 is 13.9 Å². The molecule has 2 aromatic carbocycles. The van der Waals surface area contributed by atoms with Gasteiger partial charge in [0.05, 0.1) is 42.4 Å². The van der Waals surface area contributed by atoms with E-state index in [1.54, 1.807) is 38.9 Å². The molecule has 0 saturated carbocycles. The summed E-state index contributed by atoms with van der Waals surface area (Å²) in [5.41, 5.74) is 2.40. The molecule has 0 aliphatic heterocycles. The zero-order valence-corrected chi connectivity index (χ0v) is 21.8. The molecule has 0 amide bonds. The van der Waals surface area contributed by atoms with Gasteiger partial charge in [-0.25, -0.2) is 9.37 Å². The molecule has 0 fully saturated rings. The minimum absolute atomic E-state index is 0.0894. The lowest BCUT2D eigenvalue weighted by molar-refractivity contribution is 0.391. The molecule has 0 aliphatic carbocycles. The van der Waals surface area contributed by atoms with Crippen LogP contribution in [0.25, 0.3) is 0 Å². The molecule has 0 saturated heterocycles. The standard InChI is InChI=1S/C25H24ClFN4O2S2/c1-16(17-5-4-8-28-14-17)30-22-13-21(27)24(12-20(22)26)35-31(25-29-9-10-34-25)15-18-6-7-19(32-2)11-23(18)33-3/h4-14,16,30H,15H2,1-3H3/t16-/m0/s1. The third kappa shape index (κ3) is 6.17. The summed E-state index contributed by atoms with van der Waals surface area (Å²) in [7, 11) is 3.21. The zero-order valence-electron chi connectivity index (χ0n) is 19.4. The first-order valence-corrected chi connectivity index (χ1v) is 12.7. The van der Waals surface area contributed by atoms with Crippen LogP contribution >= 0.6 is 34.9 Å². The first-order valence-electron chi connectivity index (χ1n) is 10.7. The Bertz CT molecular complexity index is 1260. The summed E-state index contributed by atoms with van der Waals surface area (Å²) in [5.74, 6) is 0.984. The maximum absolute atomic E-state index is 15.3. The lowest BCUT2D eigenvalue weighted by Crippen LogP contribution is -2.15. The molecular weight excluding hydrogens is 507 g/mol. The molecule has 6 nitrogen and oxygen atoms in total. The first kappa shape index (κ1) is 25.1. The van der Waals surface area contributed by atoms with Crippen molar-refractivity contribution in [2.24, 2.45) is 0 Å². The maximum atomic E-state index is 15.3. The van der Waals surface area contributed by atoms with E-state index in [1.165, 1.54) is 29.4 Å². The molecule has 4 aromatic rings. The summed E-state index contributed by atoms with van der Waals surface area (Å²) in [6, 6.07) is 12.4. The second kappa shape index (κ2) is 11.6. The van der Waals surface area contributed by atoms with E-state index >= 15 is 4.39 Å².